The lowest BCUT2D eigenvalue weighted by Crippen LogP contribution is -2.50. The van der Waals surface area contributed by atoms with E-state index < -0.39 is 0 Å². The number of rotatable bonds is 4. The molecule has 0 saturated carbocycles. The maximum Gasteiger partial charge on any atom is 0.0217 e. The first kappa shape index (κ1) is 14.3. The molecule has 1 aliphatic heterocycles. The van der Waals surface area contributed by atoms with Crippen molar-refractivity contribution in [1.29, 1.82) is 0 Å². The first-order valence-corrected chi connectivity index (χ1v) is 7.88. The standard InChI is InChI=1S/C19H24N2/c1-16-14-21(13-12-20-16)15-19(17-8-4-2-5-9-17)18-10-6-3-7-11-18/h2-11,16,19-20H,12-15H2,1H3. The van der Waals surface area contributed by atoms with Gasteiger partial charge in [-0.1, -0.05) is 60.7 Å². The smallest absolute Gasteiger partial charge is 0.0217 e. The van der Waals surface area contributed by atoms with E-state index in [1.165, 1.54) is 11.1 Å². The summed E-state index contributed by atoms with van der Waals surface area (Å²) in [6, 6.07) is 22.4. The fourth-order valence-corrected chi connectivity index (χ4v) is 3.21. The van der Waals surface area contributed by atoms with Crippen molar-refractivity contribution in [3.8, 4) is 0 Å². The molecule has 1 aliphatic rings. The molecule has 2 aromatic carbocycles. The molecular formula is C19H24N2. The van der Waals surface area contributed by atoms with Crippen LogP contribution in [0.1, 0.15) is 24.0 Å². The molecule has 0 aliphatic carbocycles. The lowest BCUT2D eigenvalue weighted by atomic mass is 9.90. The van der Waals surface area contributed by atoms with Gasteiger partial charge in [0.05, 0.1) is 0 Å². The predicted molar refractivity (Wildman–Crippen MR) is 88.6 cm³/mol. The fourth-order valence-electron chi connectivity index (χ4n) is 3.21. The van der Waals surface area contributed by atoms with Gasteiger partial charge in [0.25, 0.3) is 0 Å². The minimum atomic E-state index is 0.456. The van der Waals surface area contributed by atoms with Gasteiger partial charge in [-0.3, -0.25) is 4.90 Å². The molecule has 0 bridgehead atoms. The van der Waals surface area contributed by atoms with E-state index in [0.29, 0.717) is 12.0 Å². The molecule has 0 radical (unpaired) electrons. The van der Waals surface area contributed by atoms with Gasteiger partial charge < -0.3 is 5.32 Å². The Hall–Kier alpha value is -1.64. The normalized spacial score (nSPS) is 19.8. The minimum absolute atomic E-state index is 0.456. The summed E-state index contributed by atoms with van der Waals surface area (Å²) in [6.07, 6.45) is 0. The number of nitrogens with zero attached hydrogens (tertiary/aromatic N) is 1. The van der Waals surface area contributed by atoms with Gasteiger partial charge in [0, 0.05) is 38.1 Å². The van der Waals surface area contributed by atoms with Crippen LogP contribution in [0.2, 0.25) is 0 Å². The molecule has 1 fully saturated rings. The number of piperazine rings is 1. The van der Waals surface area contributed by atoms with Crippen molar-refractivity contribution in [3.05, 3.63) is 71.8 Å². The van der Waals surface area contributed by atoms with Crippen LogP contribution in [0.4, 0.5) is 0 Å². The number of hydrogen-bond acceptors (Lipinski definition) is 2. The predicted octanol–water partition coefficient (Wildman–Crippen LogP) is 3.11. The quantitative estimate of drug-likeness (QED) is 0.926. The Morgan fingerprint density at radius 3 is 2.10 bits per heavy atom. The van der Waals surface area contributed by atoms with Gasteiger partial charge in [0.1, 0.15) is 0 Å². The average Bonchev–Trinajstić information content (AvgIpc) is 2.54. The zero-order valence-electron chi connectivity index (χ0n) is 12.7. The van der Waals surface area contributed by atoms with Gasteiger partial charge in [0.15, 0.2) is 0 Å². The highest BCUT2D eigenvalue weighted by Gasteiger charge is 2.21. The van der Waals surface area contributed by atoms with Gasteiger partial charge in [-0.25, -0.2) is 0 Å². The van der Waals surface area contributed by atoms with Gasteiger partial charge in [-0.2, -0.15) is 0 Å². The van der Waals surface area contributed by atoms with E-state index in [0.717, 1.165) is 26.2 Å². The zero-order valence-corrected chi connectivity index (χ0v) is 12.7. The Balaban J connectivity index is 1.83. The number of hydrogen-bond donors (Lipinski definition) is 1. The molecule has 3 rings (SSSR count). The third-order valence-corrected chi connectivity index (χ3v) is 4.30. The molecule has 1 atom stereocenters. The van der Waals surface area contributed by atoms with Crippen molar-refractivity contribution >= 4 is 0 Å². The molecule has 0 spiro atoms. The summed E-state index contributed by atoms with van der Waals surface area (Å²) in [5, 5.41) is 3.52. The summed E-state index contributed by atoms with van der Waals surface area (Å²) in [6.45, 7) is 6.74. The van der Waals surface area contributed by atoms with E-state index in [-0.39, 0.29) is 0 Å². The van der Waals surface area contributed by atoms with E-state index in [1.54, 1.807) is 0 Å². The molecule has 2 aromatic rings. The van der Waals surface area contributed by atoms with Crippen LogP contribution in [0.25, 0.3) is 0 Å². The second kappa shape index (κ2) is 6.88. The maximum atomic E-state index is 3.52. The summed E-state index contributed by atoms with van der Waals surface area (Å²) in [5.41, 5.74) is 2.82. The molecule has 110 valence electrons. The highest BCUT2D eigenvalue weighted by atomic mass is 15.2. The molecule has 2 heteroatoms. The Morgan fingerprint density at radius 2 is 1.57 bits per heavy atom. The van der Waals surface area contributed by atoms with Crippen LogP contribution in [0.15, 0.2) is 60.7 Å². The Morgan fingerprint density at radius 1 is 1.00 bits per heavy atom. The van der Waals surface area contributed by atoms with Crippen molar-refractivity contribution in [2.75, 3.05) is 26.2 Å². The molecule has 1 saturated heterocycles. The summed E-state index contributed by atoms with van der Waals surface area (Å²) in [5.74, 6) is 0.456. The maximum absolute atomic E-state index is 3.52. The zero-order chi connectivity index (χ0) is 14.5. The first-order chi connectivity index (χ1) is 10.3. The van der Waals surface area contributed by atoms with Crippen molar-refractivity contribution in [2.45, 2.75) is 18.9 Å². The molecule has 1 heterocycles. The van der Waals surface area contributed by atoms with Crippen molar-refractivity contribution in [3.63, 3.8) is 0 Å². The van der Waals surface area contributed by atoms with Crippen LogP contribution >= 0.6 is 0 Å². The Kier molecular flexibility index (Phi) is 4.69. The molecular weight excluding hydrogens is 256 g/mol. The van der Waals surface area contributed by atoms with E-state index in [1.807, 2.05) is 0 Å². The molecule has 0 aromatic heterocycles. The third-order valence-electron chi connectivity index (χ3n) is 4.30. The van der Waals surface area contributed by atoms with Crippen LogP contribution in [-0.4, -0.2) is 37.1 Å². The van der Waals surface area contributed by atoms with Gasteiger partial charge in [-0.05, 0) is 18.1 Å². The summed E-state index contributed by atoms with van der Waals surface area (Å²) in [4.78, 5) is 2.59. The molecule has 2 nitrogen and oxygen atoms in total. The second-order valence-corrected chi connectivity index (χ2v) is 5.99. The SMILES string of the molecule is CC1CN(CC(c2ccccc2)c2ccccc2)CCN1. The lowest BCUT2D eigenvalue weighted by Gasteiger charge is -2.34. The first-order valence-electron chi connectivity index (χ1n) is 7.88. The number of nitrogens with one attached hydrogen (secondary N) is 1. The van der Waals surface area contributed by atoms with Crippen molar-refractivity contribution in [1.82, 2.24) is 10.2 Å². The van der Waals surface area contributed by atoms with Crippen molar-refractivity contribution in [2.24, 2.45) is 0 Å². The summed E-state index contributed by atoms with van der Waals surface area (Å²) >= 11 is 0. The molecule has 21 heavy (non-hydrogen) atoms. The minimum Gasteiger partial charge on any atom is -0.312 e. The highest BCUT2D eigenvalue weighted by Crippen LogP contribution is 2.25. The second-order valence-electron chi connectivity index (χ2n) is 5.99. The lowest BCUT2D eigenvalue weighted by molar-refractivity contribution is 0.202. The van der Waals surface area contributed by atoms with Crippen LogP contribution in [0.5, 0.6) is 0 Å². The van der Waals surface area contributed by atoms with Crippen LogP contribution in [-0.2, 0) is 0 Å². The van der Waals surface area contributed by atoms with Gasteiger partial charge in [-0.15, -0.1) is 0 Å². The summed E-state index contributed by atoms with van der Waals surface area (Å²) < 4.78 is 0. The third kappa shape index (κ3) is 3.72. The fraction of sp³-hybridized carbons (Fsp3) is 0.368. The van der Waals surface area contributed by atoms with Gasteiger partial charge in [0.2, 0.25) is 0 Å². The van der Waals surface area contributed by atoms with Gasteiger partial charge >= 0.3 is 0 Å². The van der Waals surface area contributed by atoms with E-state index >= 15 is 0 Å². The van der Waals surface area contributed by atoms with Crippen LogP contribution in [0, 0.1) is 0 Å². The topological polar surface area (TPSA) is 15.3 Å². The summed E-state index contributed by atoms with van der Waals surface area (Å²) in [7, 11) is 0. The van der Waals surface area contributed by atoms with E-state index in [2.05, 4.69) is 77.8 Å². The van der Waals surface area contributed by atoms with Crippen LogP contribution < -0.4 is 5.32 Å². The molecule has 0 amide bonds. The Bertz CT molecular complexity index is 499. The van der Waals surface area contributed by atoms with Crippen molar-refractivity contribution < 1.29 is 0 Å². The van der Waals surface area contributed by atoms with E-state index in [9.17, 15) is 0 Å². The molecule has 1 N–H and O–H groups in total. The van der Waals surface area contributed by atoms with E-state index in [4.69, 9.17) is 0 Å². The molecule has 1 unspecified atom stereocenters. The Labute approximate surface area is 127 Å². The average molecular weight is 280 g/mol. The number of benzene rings is 2. The van der Waals surface area contributed by atoms with Crippen LogP contribution in [0.3, 0.4) is 0 Å². The monoisotopic (exact) mass is 280 g/mol. The largest absolute Gasteiger partial charge is 0.312 e. The highest BCUT2D eigenvalue weighted by molar-refractivity contribution is 5.32.